The Bertz CT molecular complexity index is 398. The summed E-state index contributed by atoms with van der Waals surface area (Å²) in [4.78, 5) is 2.41. The zero-order valence-electron chi connectivity index (χ0n) is 10.4. The molecule has 0 radical (unpaired) electrons. The van der Waals surface area contributed by atoms with Gasteiger partial charge in [0.15, 0.2) is 0 Å². The number of nitrogens with zero attached hydrogens (tertiary/aromatic N) is 1. The molecule has 0 bridgehead atoms. The third-order valence-electron chi connectivity index (χ3n) is 3.46. The van der Waals surface area contributed by atoms with Crippen LogP contribution in [0.1, 0.15) is 18.9 Å². The highest BCUT2D eigenvalue weighted by molar-refractivity contribution is 6.35. The Hall–Kier alpha value is 0.01000. The van der Waals surface area contributed by atoms with E-state index < -0.39 is 0 Å². The van der Waals surface area contributed by atoms with Crippen molar-refractivity contribution in [1.29, 1.82) is 0 Å². The van der Waals surface area contributed by atoms with Crippen molar-refractivity contribution in [3.8, 4) is 0 Å². The molecule has 1 fully saturated rings. The summed E-state index contributed by atoms with van der Waals surface area (Å²) in [6, 6.07) is 6.04. The van der Waals surface area contributed by atoms with Gasteiger partial charge in [-0.15, -0.1) is 12.4 Å². The van der Waals surface area contributed by atoms with E-state index in [1.54, 1.807) is 6.07 Å². The van der Waals surface area contributed by atoms with Crippen LogP contribution >= 0.6 is 35.6 Å². The Labute approximate surface area is 125 Å². The summed E-state index contributed by atoms with van der Waals surface area (Å²) >= 11 is 12.1. The van der Waals surface area contributed by atoms with Crippen LogP contribution < -0.4 is 5.73 Å². The summed E-state index contributed by atoms with van der Waals surface area (Å²) in [6.07, 6.45) is 1.06. The first-order valence-corrected chi connectivity index (χ1v) is 6.73. The summed E-state index contributed by atoms with van der Waals surface area (Å²) < 4.78 is 0. The molecule has 0 saturated carbocycles. The lowest BCUT2D eigenvalue weighted by Gasteiger charge is -2.35. The number of halogens is 3. The van der Waals surface area contributed by atoms with Crippen molar-refractivity contribution in [2.24, 2.45) is 11.7 Å². The van der Waals surface area contributed by atoms with Crippen LogP contribution in [0.4, 0.5) is 0 Å². The van der Waals surface area contributed by atoms with Crippen molar-refractivity contribution in [3.63, 3.8) is 0 Å². The molecule has 2 atom stereocenters. The Balaban J connectivity index is 0.00000162. The van der Waals surface area contributed by atoms with Gasteiger partial charge in [0.1, 0.15) is 0 Å². The summed E-state index contributed by atoms with van der Waals surface area (Å²) in [6.45, 7) is 5.18. The van der Waals surface area contributed by atoms with E-state index in [2.05, 4.69) is 11.8 Å². The molecule has 2 N–H and O–H groups in total. The van der Waals surface area contributed by atoms with E-state index in [1.807, 2.05) is 12.1 Å². The smallest absolute Gasteiger partial charge is 0.0465 e. The van der Waals surface area contributed by atoms with Gasteiger partial charge in [-0.25, -0.2) is 0 Å². The molecule has 0 aliphatic carbocycles. The lowest BCUT2D eigenvalue weighted by molar-refractivity contribution is 0.158. The number of hydrogen-bond acceptors (Lipinski definition) is 2. The summed E-state index contributed by atoms with van der Waals surface area (Å²) in [5, 5.41) is 1.44. The normalized spacial score (nSPS) is 24.7. The van der Waals surface area contributed by atoms with Gasteiger partial charge in [-0.2, -0.15) is 0 Å². The third-order valence-corrected chi connectivity index (χ3v) is 4.05. The van der Waals surface area contributed by atoms with E-state index in [0.717, 1.165) is 36.6 Å². The minimum atomic E-state index is 0. The molecule has 1 aromatic rings. The SMILES string of the molecule is CC1CN(Cc2ccc(Cl)cc2Cl)CCC1N.Cl. The van der Waals surface area contributed by atoms with Gasteiger partial charge in [0.05, 0.1) is 0 Å². The highest BCUT2D eigenvalue weighted by atomic mass is 35.5. The maximum absolute atomic E-state index is 6.18. The number of benzene rings is 1. The van der Waals surface area contributed by atoms with Crippen LogP contribution in [0.3, 0.4) is 0 Å². The first kappa shape index (κ1) is 16.1. The molecule has 102 valence electrons. The van der Waals surface area contributed by atoms with Crippen molar-refractivity contribution >= 4 is 35.6 Å². The Kier molecular flexibility index (Phi) is 6.22. The van der Waals surface area contributed by atoms with Gasteiger partial charge in [0, 0.05) is 29.2 Å². The molecule has 2 rings (SSSR count). The lowest BCUT2D eigenvalue weighted by Crippen LogP contribution is -2.45. The fourth-order valence-electron chi connectivity index (χ4n) is 2.28. The van der Waals surface area contributed by atoms with Gasteiger partial charge in [-0.1, -0.05) is 36.2 Å². The Morgan fingerprint density at radius 3 is 2.72 bits per heavy atom. The maximum Gasteiger partial charge on any atom is 0.0465 e. The van der Waals surface area contributed by atoms with Gasteiger partial charge in [0.25, 0.3) is 0 Å². The van der Waals surface area contributed by atoms with Crippen LogP contribution in [0.5, 0.6) is 0 Å². The minimum absolute atomic E-state index is 0. The zero-order valence-corrected chi connectivity index (χ0v) is 12.7. The van der Waals surface area contributed by atoms with Crippen molar-refractivity contribution in [2.75, 3.05) is 13.1 Å². The molecule has 0 amide bonds. The topological polar surface area (TPSA) is 29.3 Å². The standard InChI is InChI=1S/C13H18Cl2N2.ClH/c1-9-7-17(5-4-13(9)16)8-10-2-3-11(14)6-12(10)15;/h2-3,6,9,13H,4-5,7-8,16H2,1H3;1H. The largest absolute Gasteiger partial charge is 0.327 e. The van der Waals surface area contributed by atoms with E-state index in [1.165, 1.54) is 0 Å². The van der Waals surface area contributed by atoms with E-state index >= 15 is 0 Å². The second kappa shape index (κ2) is 6.97. The van der Waals surface area contributed by atoms with Crippen molar-refractivity contribution < 1.29 is 0 Å². The molecule has 1 aliphatic rings. The summed E-state index contributed by atoms with van der Waals surface area (Å²) in [5.74, 6) is 0.551. The predicted octanol–water partition coefficient (Wildman–Crippen LogP) is 3.58. The second-order valence-corrected chi connectivity index (χ2v) is 5.74. The third kappa shape index (κ3) is 4.01. The van der Waals surface area contributed by atoms with Gasteiger partial charge < -0.3 is 5.73 Å². The Morgan fingerprint density at radius 2 is 2.11 bits per heavy atom. The van der Waals surface area contributed by atoms with E-state index in [9.17, 15) is 0 Å². The van der Waals surface area contributed by atoms with Gasteiger partial charge in [0.2, 0.25) is 0 Å². The van der Waals surface area contributed by atoms with Gasteiger partial charge in [-0.3, -0.25) is 4.90 Å². The van der Waals surface area contributed by atoms with Crippen LogP contribution in [-0.2, 0) is 6.54 Å². The Morgan fingerprint density at radius 1 is 1.39 bits per heavy atom. The van der Waals surface area contributed by atoms with Gasteiger partial charge in [-0.05, 0) is 36.6 Å². The fourth-order valence-corrected chi connectivity index (χ4v) is 2.75. The fraction of sp³-hybridized carbons (Fsp3) is 0.538. The van der Waals surface area contributed by atoms with E-state index in [4.69, 9.17) is 28.9 Å². The number of piperidine rings is 1. The molecule has 1 aromatic carbocycles. The van der Waals surface area contributed by atoms with Gasteiger partial charge >= 0.3 is 0 Å². The highest BCUT2D eigenvalue weighted by Crippen LogP contribution is 2.24. The molecule has 5 heteroatoms. The predicted molar refractivity (Wildman–Crippen MR) is 80.7 cm³/mol. The molecular weight excluding hydrogens is 291 g/mol. The zero-order chi connectivity index (χ0) is 12.4. The molecule has 2 unspecified atom stereocenters. The lowest BCUT2D eigenvalue weighted by atomic mass is 9.94. The average Bonchev–Trinajstić information content (AvgIpc) is 2.27. The maximum atomic E-state index is 6.18. The molecule has 1 heterocycles. The first-order valence-electron chi connectivity index (χ1n) is 5.98. The monoisotopic (exact) mass is 308 g/mol. The quantitative estimate of drug-likeness (QED) is 0.904. The molecule has 18 heavy (non-hydrogen) atoms. The van der Waals surface area contributed by atoms with Crippen LogP contribution in [0, 0.1) is 5.92 Å². The van der Waals surface area contributed by atoms with Crippen LogP contribution in [0.15, 0.2) is 18.2 Å². The molecule has 1 saturated heterocycles. The van der Waals surface area contributed by atoms with Crippen LogP contribution in [-0.4, -0.2) is 24.0 Å². The molecule has 1 aliphatic heterocycles. The summed E-state index contributed by atoms with van der Waals surface area (Å²) in [5.41, 5.74) is 7.15. The number of nitrogens with two attached hydrogens (primary N) is 1. The second-order valence-electron chi connectivity index (χ2n) is 4.90. The van der Waals surface area contributed by atoms with E-state index in [0.29, 0.717) is 17.0 Å². The first-order chi connectivity index (χ1) is 8.06. The molecular formula is C13H19Cl3N2. The number of hydrogen-bond donors (Lipinski definition) is 1. The van der Waals surface area contributed by atoms with E-state index in [-0.39, 0.29) is 12.4 Å². The molecule has 0 aromatic heterocycles. The van der Waals surface area contributed by atoms with Crippen LogP contribution in [0.25, 0.3) is 0 Å². The molecule has 0 spiro atoms. The minimum Gasteiger partial charge on any atom is -0.327 e. The number of likely N-dealkylation sites (tertiary alicyclic amines) is 1. The highest BCUT2D eigenvalue weighted by Gasteiger charge is 2.23. The van der Waals surface area contributed by atoms with Crippen LogP contribution in [0.2, 0.25) is 10.0 Å². The summed E-state index contributed by atoms with van der Waals surface area (Å²) in [7, 11) is 0. The van der Waals surface area contributed by atoms with Crippen molar-refractivity contribution in [2.45, 2.75) is 25.9 Å². The van der Waals surface area contributed by atoms with Crippen molar-refractivity contribution in [3.05, 3.63) is 33.8 Å². The number of rotatable bonds is 2. The van der Waals surface area contributed by atoms with Crippen molar-refractivity contribution in [1.82, 2.24) is 4.90 Å². The molecule has 2 nitrogen and oxygen atoms in total. The average molecular weight is 310 g/mol.